The van der Waals surface area contributed by atoms with Gasteiger partial charge in [-0.1, -0.05) is 49.1 Å². The predicted molar refractivity (Wildman–Crippen MR) is 88.8 cm³/mol. The molecule has 2 aromatic rings. The van der Waals surface area contributed by atoms with Gasteiger partial charge in [-0.3, -0.25) is 4.79 Å². The standard InChI is InChI=1S/C14H18N4OS2/c1-3-9(2)10-4-6-11(7-5-10)16-12(19)8-20-14-18-17-13(15)21-14/h4-7,9H,3,8H2,1-2H3,(H2,15,17)(H,16,19). The molecule has 0 spiro atoms. The second-order valence-corrected chi connectivity index (χ2v) is 6.91. The number of rotatable bonds is 6. The maximum absolute atomic E-state index is 11.9. The van der Waals surface area contributed by atoms with Crippen molar-refractivity contribution in [1.29, 1.82) is 0 Å². The molecule has 0 radical (unpaired) electrons. The Morgan fingerprint density at radius 3 is 2.67 bits per heavy atom. The van der Waals surface area contributed by atoms with Crippen LogP contribution in [0.4, 0.5) is 10.8 Å². The van der Waals surface area contributed by atoms with Crippen LogP contribution in [0.2, 0.25) is 0 Å². The minimum absolute atomic E-state index is 0.0648. The number of carbonyl (C=O) groups excluding carboxylic acids is 1. The van der Waals surface area contributed by atoms with Crippen molar-refractivity contribution in [3.05, 3.63) is 29.8 Å². The number of anilines is 2. The van der Waals surface area contributed by atoms with Crippen molar-refractivity contribution in [2.24, 2.45) is 0 Å². The summed E-state index contributed by atoms with van der Waals surface area (Å²) in [5.74, 6) is 0.764. The molecule has 0 saturated carbocycles. The second-order valence-electron chi connectivity index (χ2n) is 4.67. The number of hydrogen-bond donors (Lipinski definition) is 2. The van der Waals surface area contributed by atoms with Crippen LogP contribution >= 0.6 is 23.1 Å². The Morgan fingerprint density at radius 1 is 1.38 bits per heavy atom. The fraction of sp³-hybridized carbons (Fsp3) is 0.357. The Bertz CT molecular complexity index is 597. The molecule has 1 aromatic heterocycles. The quantitative estimate of drug-likeness (QED) is 0.797. The molecule has 0 aliphatic rings. The zero-order valence-electron chi connectivity index (χ0n) is 12.0. The molecule has 0 bridgehead atoms. The number of amides is 1. The third-order valence-electron chi connectivity index (χ3n) is 3.12. The number of nitrogens with zero attached hydrogens (tertiary/aromatic N) is 2. The molecule has 0 aliphatic carbocycles. The van der Waals surface area contributed by atoms with Crippen molar-refractivity contribution in [3.63, 3.8) is 0 Å². The van der Waals surface area contributed by atoms with Crippen LogP contribution in [-0.4, -0.2) is 21.9 Å². The van der Waals surface area contributed by atoms with Gasteiger partial charge in [0.05, 0.1) is 5.75 Å². The lowest BCUT2D eigenvalue weighted by Crippen LogP contribution is -2.13. The zero-order chi connectivity index (χ0) is 15.2. The predicted octanol–water partition coefficient (Wildman–Crippen LogP) is 3.36. The third-order valence-corrected chi connectivity index (χ3v) is 5.01. The average molecular weight is 322 g/mol. The van der Waals surface area contributed by atoms with Crippen molar-refractivity contribution in [3.8, 4) is 0 Å². The molecule has 1 heterocycles. The molecule has 0 aliphatic heterocycles. The highest BCUT2D eigenvalue weighted by Crippen LogP contribution is 2.24. The van der Waals surface area contributed by atoms with E-state index in [1.54, 1.807) is 0 Å². The molecular formula is C14H18N4OS2. The van der Waals surface area contributed by atoms with Crippen molar-refractivity contribution < 1.29 is 4.79 Å². The van der Waals surface area contributed by atoms with Crippen LogP contribution in [0, 0.1) is 0 Å². The van der Waals surface area contributed by atoms with Gasteiger partial charge in [-0.25, -0.2) is 0 Å². The fourth-order valence-electron chi connectivity index (χ4n) is 1.73. The molecule has 2 rings (SSSR count). The van der Waals surface area contributed by atoms with Gasteiger partial charge in [0.1, 0.15) is 0 Å². The van der Waals surface area contributed by atoms with E-state index in [9.17, 15) is 4.79 Å². The van der Waals surface area contributed by atoms with Gasteiger partial charge in [0.15, 0.2) is 4.34 Å². The monoisotopic (exact) mass is 322 g/mol. The summed E-state index contributed by atoms with van der Waals surface area (Å²) in [5, 5.41) is 10.9. The number of hydrogen-bond acceptors (Lipinski definition) is 6. The molecule has 5 nitrogen and oxygen atoms in total. The molecule has 21 heavy (non-hydrogen) atoms. The first-order chi connectivity index (χ1) is 10.1. The lowest BCUT2D eigenvalue weighted by atomic mass is 9.99. The first-order valence-electron chi connectivity index (χ1n) is 6.70. The summed E-state index contributed by atoms with van der Waals surface area (Å²) in [6.45, 7) is 4.36. The molecule has 1 amide bonds. The molecule has 0 saturated heterocycles. The summed E-state index contributed by atoms with van der Waals surface area (Å²) in [6.07, 6.45) is 1.10. The average Bonchev–Trinajstić information content (AvgIpc) is 2.91. The summed E-state index contributed by atoms with van der Waals surface area (Å²) in [4.78, 5) is 11.9. The Labute approximate surface area is 132 Å². The third kappa shape index (κ3) is 4.71. The minimum atomic E-state index is -0.0648. The van der Waals surface area contributed by atoms with Crippen LogP contribution in [0.25, 0.3) is 0 Å². The van der Waals surface area contributed by atoms with Crippen LogP contribution < -0.4 is 11.1 Å². The summed E-state index contributed by atoms with van der Waals surface area (Å²) >= 11 is 2.62. The van der Waals surface area contributed by atoms with E-state index in [4.69, 9.17) is 5.73 Å². The molecule has 112 valence electrons. The van der Waals surface area contributed by atoms with E-state index < -0.39 is 0 Å². The highest BCUT2D eigenvalue weighted by molar-refractivity contribution is 8.01. The van der Waals surface area contributed by atoms with Crippen LogP contribution in [0.1, 0.15) is 31.7 Å². The second kappa shape index (κ2) is 7.42. The van der Waals surface area contributed by atoms with Crippen molar-refractivity contribution in [1.82, 2.24) is 10.2 Å². The maximum Gasteiger partial charge on any atom is 0.234 e. The first-order valence-corrected chi connectivity index (χ1v) is 8.50. The van der Waals surface area contributed by atoms with Crippen LogP contribution in [0.15, 0.2) is 28.6 Å². The minimum Gasteiger partial charge on any atom is -0.374 e. The molecular weight excluding hydrogens is 304 g/mol. The largest absolute Gasteiger partial charge is 0.374 e. The van der Waals surface area contributed by atoms with Crippen molar-refractivity contribution in [2.45, 2.75) is 30.5 Å². The highest BCUT2D eigenvalue weighted by atomic mass is 32.2. The first kappa shape index (κ1) is 15.8. The van der Waals surface area contributed by atoms with Crippen LogP contribution in [0.5, 0.6) is 0 Å². The summed E-state index contributed by atoms with van der Waals surface area (Å²) < 4.78 is 0.703. The maximum atomic E-state index is 11.9. The van der Waals surface area contributed by atoms with E-state index in [2.05, 4.69) is 41.5 Å². The molecule has 3 N–H and O–H groups in total. The summed E-state index contributed by atoms with van der Waals surface area (Å²) in [7, 11) is 0. The number of thioether (sulfide) groups is 1. The van der Waals surface area contributed by atoms with Crippen LogP contribution in [0.3, 0.4) is 0 Å². The van der Waals surface area contributed by atoms with Gasteiger partial charge in [-0.05, 0) is 30.0 Å². The van der Waals surface area contributed by atoms with E-state index in [1.165, 1.54) is 28.7 Å². The van der Waals surface area contributed by atoms with Crippen molar-refractivity contribution in [2.75, 3.05) is 16.8 Å². The van der Waals surface area contributed by atoms with E-state index in [0.29, 0.717) is 21.1 Å². The van der Waals surface area contributed by atoms with Crippen LogP contribution in [-0.2, 0) is 4.79 Å². The van der Waals surface area contributed by atoms with E-state index in [-0.39, 0.29) is 5.91 Å². The summed E-state index contributed by atoms with van der Waals surface area (Å²) in [6, 6.07) is 7.99. The molecule has 1 atom stereocenters. The Morgan fingerprint density at radius 2 is 2.10 bits per heavy atom. The number of carbonyl (C=O) groups is 1. The van der Waals surface area contributed by atoms with Crippen molar-refractivity contribution >= 4 is 39.8 Å². The van der Waals surface area contributed by atoms with Gasteiger partial charge >= 0.3 is 0 Å². The van der Waals surface area contributed by atoms with Gasteiger partial charge in [-0.2, -0.15) is 0 Å². The smallest absolute Gasteiger partial charge is 0.234 e. The lowest BCUT2D eigenvalue weighted by Gasteiger charge is -2.10. The molecule has 7 heteroatoms. The number of benzene rings is 1. The topological polar surface area (TPSA) is 80.9 Å². The number of aromatic nitrogens is 2. The summed E-state index contributed by atoms with van der Waals surface area (Å²) in [5.41, 5.74) is 7.59. The number of nitrogen functional groups attached to an aromatic ring is 1. The lowest BCUT2D eigenvalue weighted by molar-refractivity contribution is -0.113. The Hall–Kier alpha value is -1.60. The fourth-order valence-corrected chi connectivity index (χ4v) is 3.17. The number of nitrogens with two attached hydrogens (primary N) is 1. The SMILES string of the molecule is CCC(C)c1ccc(NC(=O)CSc2nnc(N)s2)cc1. The molecule has 1 aromatic carbocycles. The van der Waals surface area contributed by atoms with Gasteiger partial charge in [-0.15, -0.1) is 10.2 Å². The molecule has 0 fully saturated rings. The van der Waals surface area contributed by atoms with Gasteiger partial charge < -0.3 is 11.1 Å². The highest BCUT2D eigenvalue weighted by Gasteiger charge is 2.08. The van der Waals surface area contributed by atoms with E-state index in [0.717, 1.165) is 12.1 Å². The van der Waals surface area contributed by atoms with Gasteiger partial charge in [0.2, 0.25) is 11.0 Å². The number of nitrogens with one attached hydrogen (secondary N) is 1. The zero-order valence-corrected chi connectivity index (χ0v) is 13.6. The normalized spacial score (nSPS) is 12.1. The van der Waals surface area contributed by atoms with Gasteiger partial charge in [0, 0.05) is 5.69 Å². The van der Waals surface area contributed by atoms with E-state index in [1.807, 2.05) is 12.1 Å². The Kier molecular flexibility index (Phi) is 5.58. The Balaban J connectivity index is 1.84. The van der Waals surface area contributed by atoms with Gasteiger partial charge in [0.25, 0.3) is 0 Å². The van der Waals surface area contributed by atoms with E-state index >= 15 is 0 Å². The molecule has 1 unspecified atom stereocenters.